The fourth-order valence-corrected chi connectivity index (χ4v) is 3.62. The van der Waals surface area contributed by atoms with Crippen LogP contribution < -0.4 is 10.2 Å². The summed E-state index contributed by atoms with van der Waals surface area (Å²) in [4.78, 5) is 26.6. The molecule has 2 fully saturated rings. The topological polar surface area (TPSA) is 78.7 Å². The van der Waals surface area contributed by atoms with Gasteiger partial charge in [-0.3, -0.25) is 14.9 Å². The van der Waals surface area contributed by atoms with Crippen LogP contribution in [0.5, 0.6) is 0 Å². The summed E-state index contributed by atoms with van der Waals surface area (Å²) in [6, 6.07) is 2.59. The Bertz CT molecular complexity index is 718. The van der Waals surface area contributed by atoms with E-state index < -0.39 is 22.4 Å². The summed E-state index contributed by atoms with van der Waals surface area (Å²) in [7, 11) is 0. The van der Waals surface area contributed by atoms with Gasteiger partial charge in [0.05, 0.1) is 10.5 Å². The third kappa shape index (κ3) is 4.85. The molecule has 0 unspecified atom stereocenters. The number of piperidine rings is 1. The molecule has 0 bridgehead atoms. The monoisotopic (exact) mass is 422 g/mol. The van der Waals surface area contributed by atoms with Crippen LogP contribution in [0.1, 0.15) is 18.4 Å². The number of nitro benzene ring substituents is 1. The van der Waals surface area contributed by atoms with E-state index in [0.29, 0.717) is 45.1 Å². The van der Waals surface area contributed by atoms with E-state index in [2.05, 4.69) is 5.32 Å². The first-order chi connectivity index (χ1) is 12.8. The molecule has 0 spiro atoms. The number of anilines is 1. The minimum absolute atomic E-state index is 0. The number of carbonyl (C=O) groups excluding carboxylic acids is 1. The third-order valence-electron chi connectivity index (χ3n) is 5.11. The van der Waals surface area contributed by atoms with Crippen LogP contribution in [0.15, 0.2) is 18.2 Å². The molecule has 0 aliphatic carbocycles. The van der Waals surface area contributed by atoms with Crippen molar-refractivity contribution in [2.75, 3.05) is 44.2 Å². The highest BCUT2D eigenvalue weighted by molar-refractivity contribution is 5.85. The molecule has 2 aliphatic rings. The highest BCUT2D eigenvalue weighted by Gasteiger charge is 2.35. The first-order valence-electron chi connectivity index (χ1n) is 8.87. The average molecular weight is 423 g/mol. The van der Waals surface area contributed by atoms with Crippen LogP contribution in [0, 0.1) is 16.0 Å². The SMILES string of the molecule is Cl.O=C(C1CCN(c2ccc(C(F)(F)F)cc2[N+](=O)[O-])CC1)N1CCNCC1. The molecule has 2 heterocycles. The van der Waals surface area contributed by atoms with Crippen molar-refractivity contribution in [1.82, 2.24) is 10.2 Å². The van der Waals surface area contributed by atoms with Crippen molar-refractivity contribution in [3.8, 4) is 0 Å². The summed E-state index contributed by atoms with van der Waals surface area (Å²) in [5.41, 5.74) is -1.43. The molecule has 2 aliphatic heterocycles. The first kappa shape index (κ1) is 22.2. The van der Waals surface area contributed by atoms with Crippen molar-refractivity contribution in [2.24, 2.45) is 5.92 Å². The number of hydrogen-bond donors (Lipinski definition) is 1. The summed E-state index contributed by atoms with van der Waals surface area (Å²) in [5.74, 6) is -0.0501. The summed E-state index contributed by atoms with van der Waals surface area (Å²) >= 11 is 0. The standard InChI is InChI=1S/C17H21F3N4O3.ClH/c18-17(19,20)13-1-2-14(15(11-13)24(26)27)22-7-3-12(4-8-22)16(25)23-9-5-21-6-10-23;/h1-2,11-12,21H,3-10H2;1H. The molecule has 0 aromatic heterocycles. The van der Waals surface area contributed by atoms with Gasteiger partial charge in [0.25, 0.3) is 5.69 Å². The maximum atomic E-state index is 12.8. The molecule has 1 aromatic rings. The van der Waals surface area contributed by atoms with Crippen LogP contribution in [0.25, 0.3) is 0 Å². The van der Waals surface area contributed by atoms with Gasteiger partial charge in [-0.15, -0.1) is 12.4 Å². The molecule has 7 nitrogen and oxygen atoms in total. The van der Waals surface area contributed by atoms with E-state index in [-0.39, 0.29) is 29.9 Å². The molecule has 0 atom stereocenters. The normalized spacial score (nSPS) is 18.5. The Labute approximate surface area is 166 Å². The third-order valence-corrected chi connectivity index (χ3v) is 5.11. The van der Waals surface area contributed by atoms with Crippen LogP contribution in [-0.4, -0.2) is 55.0 Å². The van der Waals surface area contributed by atoms with Crippen molar-refractivity contribution < 1.29 is 22.9 Å². The predicted molar refractivity (Wildman–Crippen MR) is 99.7 cm³/mol. The van der Waals surface area contributed by atoms with E-state index in [1.807, 2.05) is 4.90 Å². The second-order valence-electron chi connectivity index (χ2n) is 6.79. The first-order valence-corrected chi connectivity index (χ1v) is 8.87. The molecule has 2 saturated heterocycles. The summed E-state index contributed by atoms with van der Waals surface area (Å²) in [5, 5.41) is 14.5. The van der Waals surface area contributed by atoms with Gasteiger partial charge in [0.2, 0.25) is 5.91 Å². The van der Waals surface area contributed by atoms with Gasteiger partial charge in [-0.1, -0.05) is 0 Å². The maximum Gasteiger partial charge on any atom is 0.416 e. The lowest BCUT2D eigenvalue weighted by Crippen LogP contribution is -2.50. The molecule has 1 N–H and O–H groups in total. The molecule has 0 radical (unpaired) electrons. The molecule has 0 saturated carbocycles. The molecule has 1 aromatic carbocycles. The Balaban J connectivity index is 0.00000280. The zero-order chi connectivity index (χ0) is 19.6. The number of halogens is 4. The van der Waals surface area contributed by atoms with Gasteiger partial charge < -0.3 is 15.1 Å². The quantitative estimate of drug-likeness (QED) is 0.598. The van der Waals surface area contributed by atoms with Crippen LogP contribution >= 0.6 is 12.4 Å². The molecular formula is C17H22ClF3N4O3. The maximum absolute atomic E-state index is 12.8. The van der Waals surface area contributed by atoms with Crippen LogP contribution in [0.4, 0.5) is 24.5 Å². The second kappa shape index (κ2) is 8.95. The lowest BCUT2D eigenvalue weighted by Gasteiger charge is -2.36. The van der Waals surface area contributed by atoms with Crippen molar-refractivity contribution in [3.63, 3.8) is 0 Å². The average Bonchev–Trinajstić information content (AvgIpc) is 2.67. The van der Waals surface area contributed by atoms with E-state index in [4.69, 9.17) is 0 Å². The van der Waals surface area contributed by atoms with E-state index in [0.717, 1.165) is 25.2 Å². The smallest absolute Gasteiger partial charge is 0.366 e. The Kier molecular flexibility index (Phi) is 7.11. The molecular weight excluding hydrogens is 401 g/mol. The molecule has 1 amide bonds. The number of nitro groups is 1. The Morgan fingerprint density at radius 2 is 1.75 bits per heavy atom. The van der Waals surface area contributed by atoms with Crippen LogP contribution in [0.2, 0.25) is 0 Å². The minimum atomic E-state index is -4.63. The molecule has 156 valence electrons. The zero-order valence-electron chi connectivity index (χ0n) is 15.1. The van der Waals surface area contributed by atoms with Crippen molar-refractivity contribution >= 4 is 29.7 Å². The Morgan fingerprint density at radius 3 is 2.29 bits per heavy atom. The lowest BCUT2D eigenvalue weighted by molar-refractivity contribution is -0.384. The Morgan fingerprint density at radius 1 is 1.14 bits per heavy atom. The van der Waals surface area contributed by atoms with E-state index in [9.17, 15) is 28.1 Å². The number of alkyl halides is 3. The van der Waals surface area contributed by atoms with E-state index in [1.165, 1.54) is 0 Å². The number of carbonyl (C=O) groups is 1. The van der Waals surface area contributed by atoms with E-state index in [1.54, 1.807) is 4.90 Å². The number of rotatable bonds is 3. The van der Waals surface area contributed by atoms with Gasteiger partial charge in [0, 0.05) is 51.3 Å². The van der Waals surface area contributed by atoms with Crippen LogP contribution in [-0.2, 0) is 11.0 Å². The van der Waals surface area contributed by atoms with Crippen molar-refractivity contribution in [1.29, 1.82) is 0 Å². The second-order valence-corrected chi connectivity index (χ2v) is 6.79. The van der Waals surface area contributed by atoms with Gasteiger partial charge in [0.15, 0.2) is 0 Å². The van der Waals surface area contributed by atoms with Gasteiger partial charge in [0.1, 0.15) is 5.69 Å². The zero-order valence-corrected chi connectivity index (χ0v) is 15.9. The molecule has 11 heteroatoms. The Hall–Kier alpha value is -2.07. The van der Waals surface area contributed by atoms with Gasteiger partial charge in [-0.2, -0.15) is 13.2 Å². The van der Waals surface area contributed by atoms with Crippen molar-refractivity contribution in [2.45, 2.75) is 19.0 Å². The summed E-state index contributed by atoms with van der Waals surface area (Å²) < 4.78 is 38.5. The fourth-order valence-electron chi connectivity index (χ4n) is 3.62. The number of nitrogens with one attached hydrogen (secondary N) is 1. The van der Waals surface area contributed by atoms with Gasteiger partial charge >= 0.3 is 6.18 Å². The number of nitrogens with zero attached hydrogens (tertiary/aromatic N) is 3. The lowest BCUT2D eigenvalue weighted by atomic mass is 9.94. The summed E-state index contributed by atoms with van der Waals surface area (Å²) in [6.07, 6.45) is -3.58. The van der Waals surface area contributed by atoms with Gasteiger partial charge in [-0.05, 0) is 25.0 Å². The summed E-state index contributed by atoms with van der Waals surface area (Å²) in [6.45, 7) is 3.67. The fraction of sp³-hybridized carbons (Fsp3) is 0.588. The minimum Gasteiger partial charge on any atom is -0.366 e. The number of piperazine rings is 1. The number of benzene rings is 1. The highest BCUT2D eigenvalue weighted by atomic mass is 35.5. The largest absolute Gasteiger partial charge is 0.416 e. The van der Waals surface area contributed by atoms with E-state index >= 15 is 0 Å². The molecule has 3 rings (SSSR count). The number of hydrogen-bond acceptors (Lipinski definition) is 5. The van der Waals surface area contributed by atoms with Gasteiger partial charge in [-0.25, -0.2) is 0 Å². The number of amides is 1. The van der Waals surface area contributed by atoms with Crippen molar-refractivity contribution in [3.05, 3.63) is 33.9 Å². The highest BCUT2D eigenvalue weighted by Crippen LogP contribution is 2.37. The predicted octanol–water partition coefficient (Wildman–Crippen LogP) is 2.68. The molecule has 28 heavy (non-hydrogen) atoms. The van der Waals surface area contributed by atoms with Crippen LogP contribution in [0.3, 0.4) is 0 Å².